The van der Waals surface area contributed by atoms with E-state index < -0.39 is 15.6 Å². The molecule has 1 aromatic carbocycles. The van der Waals surface area contributed by atoms with Gasteiger partial charge in [-0.05, 0) is 32.0 Å². The van der Waals surface area contributed by atoms with Gasteiger partial charge in [-0.3, -0.25) is 9.78 Å². The number of amides is 1. The molecule has 0 saturated heterocycles. The number of aromatic amines is 1. The van der Waals surface area contributed by atoms with Crippen molar-refractivity contribution in [1.29, 1.82) is 0 Å². The van der Waals surface area contributed by atoms with E-state index >= 15 is 0 Å². The largest absolute Gasteiger partial charge is 0.493 e. The van der Waals surface area contributed by atoms with Crippen molar-refractivity contribution in [3.8, 4) is 28.8 Å². The molecule has 4 N–H and O–H groups in total. The number of hydrogen-bond acceptors (Lipinski definition) is 6. The number of pyridine rings is 1. The van der Waals surface area contributed by atoms with Crippen molar-refractivity contribution in [2.75, 3.05) is 19.0 Å². The van der Waals surface area contributed by atoms with Gasteiger partial charge in [-0.2, -0.15) is 4.72 Å². The van der Waals surface area contributed by atoms with E-state index in [0.717, 1.165) is 11.1 Å². The van der Waals surface area contributed by atoms with E-state index in [9.17, 15) is 13.2 Å². The zero-order chi connectivity index (χ0) is 26.8. The zero-order valence-electron chi connectivity index (χ0n) is 20.5. The first-order chi connectivity index (χ1) is 17.5. The van der Waals surface area contributed by atoms with Crippen LogP contribution in [0.1, 0.15) is 35.5 Å². The van der Waals surface area contributed by atoms with Crippen molar-refractivity contribution in [2.24, 2.45) is 0 Å². The minimum Gasteiger partial charge on any atom is -0.493 e. The van der Waals surface area contributed by atoms with Crippen molar-refractivity contribution in [1.82, 2.24) is 20.0 Å². The number of nitrogens with one attached hydrogen (secondary N) is 4. The summed E-state index contributed by atoms with van der Waals surface area (Å²) in [4.78, 5) is 20.5. The highest BCUT2D eigenvalue weighted by molar-refractivity contribution is 7.92. The molecule has 0 unspecified atom stereocenters. The number of carbonyl (C=O) groups excluding carboxylic acids is 1. The Bertz CT molecular complexity index is 1550. The lowest BCUT2D eigenvalue weighted by Gasteiger charge is -2.18. The number of H-pyrrole nitrogens is 1. The molecule has 4 rings (SSSR count). The van der Waals surface area contributed by atoms with Gasteiger partial charge in [0.05, 0.1) is 45.9 Å². The number of fused-ring (bicyclic) bond motifs is 1. The molecular weight excluding hydrogens is 514 g/mol. The molecule has 9 nitrogen and oxygen atoms in total. The highest BCUT2D eigenvalue weighted by Gasteiger charge is 2.28. The standard InChI is InChI=1S/C26H26ClN5O4S/c1-5-37(34,35)32-26(2,3)12-9-16-15-28-13-10-17(16)22-23(21-19(30-22)11-14-29-25(21)33)31-20-8-6-7-18(27)24(20)36-4/h5-8,10,13,15,30-32H,1,11,14H2,2-4H3,(H,29,33). The number of anilines is 2. The van der Waals surface area contributed by atoms with Crippen molar-refractivity contribution in [3.05, 3.63) is 70.5 Å². The van der Waals surface area contributed by atoms with Crippen molar-refractivity contribution < 1.29 is 17.9 Å². The molecule has 0 spiro atoms. The summed E-state index contributed by atoms with van der Waals surface area (Å²) in [6, 6.07) is 7.07. The topological polar surface area (TPSA) is 125 Å². The molecule has 11 heteroatoms. The minimum absolute atomic E-state index is 0.214. The predicted molar refractivity (Wildman–Crippen MR) is 145 cm³/mol. The summed E-state index contributed by atoms with van der Waals surface area (Å²) >= 11 is 6.33. The molecule has 0 saturated carbocycles. The second kappa shape index (κ2) is 10.3. The fourth-order valence-corrected chi connectivity index (χ4v) is 5.11. The summed E-state index contributed by atoms with van der Waals surface area (Å²) < 4.78 is 31.9. The summed E-state index contributed by atoms with van der Waals surface area (Å²) in [5.74, 6) is 6.23. The maximum Gasteiger partial charge on any atom is 0.255 e. The van der Waals surface area contributed by atoms with Gasteiger partial charge in [0.1, 0.15) is 0 Å². The lowest BCUT2D eigenvalue weighted by atomic mass is 10.0. The molecule has 2 aromatic heterocycles. The molecule has 0 radical (unpaired) electrons. The Morgan fingerprint density at radius 1 is 1.30 bits per heavy atom. The zero-order valence-corrected chi connectivity index (χ0v) is 22.1. The normalized spacial score (nSPS) is 13.1. The number of sulfonamides is 1. The number of ether oxygens (including phenoxy) is 1. The predicted octanol–water partition coefficient (Wildman–Crippen LogP) is 3.96. The summed E-state index contributed by atoms with van der Waals surface area (Å²) in [5.41, 5.74) is 3.13. The number of para-hydroxylation sites is 1. The van der Waals surface area contributed by atoms with Crippen molar-refractivity contribution >= 4 is 38.9 Å². The van der Waals surface area contributed by atoms with Crippen LogP contribution in [-0.2, 0) is 16.4 Å². The van der Waals surface area contributed by atoms with Crippen LogP contribution in [0.25, 0.3) is 11.3 Å². The SMILES string of the molecule is C=CS(=O)(=O)NC(C)(C)C#Cc1cnccc1-c1[nH]c2c(c1Nc1cccc(Cl)c1OC)C(=O)NCC2. The molecule has 192 valence electrons. The first-order valence-corrected chi connectivity index (χ1v) is 13.2. The highest BCUT2D eigenvalue weighted by atomic mass is 35.5. The van der Waals surface area contributed by atoms with Crippen LogP contribution >= 0.6 is 11.6 Å². The molecule has 1 aliphatic heterocycles. The summed E-state index contributed by atoms with van der Waals surface area (Å²) in [6.45, 7) is 7.12. The summed E-state index contributed by atoms with van der Waals surface area (Å²) in [6.07, 6.45) is 3.82. The fourth-order valence-electron chi connectivity index (χ4n) is 4.01. The molecule has 1 aliphatic rings. The van der Waals surface area contributed by atoms with Crippen LogP contribution in [-0.4, -0.2) is 43.5 Å². The second-order valence-electron chi connectivity index (χ2n) is 8.79. The van der Waals surface area contributed by atoms with Crippen molar-refractivity contribution in [2.45, 2.75) is 25.8 Å². The van der Waals surface area contributed by atoms with Gasteiger partial charge in [0.25, 0.3) is 5.91 Å². The lowest BCUT2D eigenvalue weighted by Crippen LogP contribution is -2.41. The van der Waals surface area contributed by atoms with Gasteiger partial charge >= 0.3 is 0 Å². The Morgan fingerprint density at radius 2 is 2.08 bits per heavy atom. The molecule has 0 bridgehead atoms. The summed E-state index contributed by atoms with van der Waals surface area (Å²) in [5, 5.41) is 7.48. The number of rotatable bonds is 7. The maximum atomic E-state index is 12.9. The van der Waals surface area contributed by atoms with Crippen LogP contribution in [0.4, 0.5) is 11.4 Å². The third-order valence-corrected chi connectivity index (χ3v) is 7.14. The number of halogens is 1. The number of methoxy groups -OCH3 is 1. The Labute approximate surface area is 220 Å². The summed E-state index contributed by atoms with van der Waals surface area (Å²) in [7, 11) is -2.17. The minimum atomic E-state index is -3.69. The quantitative estimate of drug-likeness (QED) is 0.337. The van der Waals surface area contributed by atoms with Crippen LogP contribution in [0.5, 0.6) is 5.75 Å². The van der Waals surface area contributed by atoms with Gasteiger partial charge in [0.15, 0.2) is 5.75 Å². The smallest absolute Gasteiger partial charge is 0.255 e. The Morgan fingerprint density at radius 3 is 2.81 bits per heavy atom. The van der Waals surface area contributed by atoms with Crippen molar-refractivity contribution in [3.63, 3.8) is 0 Å². The maximum absolute atomic E-state index is 12.9. The molecule has 1 amide bonds. The van der Waals surface area contributed by atoms with E-state index in [1.54, 1.807) is 50.5 Å². The van der Waals surface area contributed by atoms with Gasteiger partial charge in [0.2, 0.25) is 10.0 Å². The number of nitrogens with zero attached hydrogens (tertiary/aromatic N) is 1. The van der Waals surface area contributed by atoms with E-state index in [1.165, 1.54) is 7.11 Å². The molecule has 0 fully saturated rings. The Balaban J connectivity index is 1.85. The molecule has 3 heterocycles. The molecule has 3 aromatic rings. The van der Waals surface area contributed by atoms with E-state index in [0.29, 0.717) is 57.5 Å². The third kappa shape index (κ3) is 5.64. The highest BCUT2D eigenvalue weighted by Crippen LogP contribution is 2.41. The molecule has 37 heavy (non-hydrogen) atoms. The molecular formula is C26H26ClN5O4S. The second-order valence-corrected chi connectivity index (χ2v) is 10.8. The number of aromatic nitrogens is 2. The molecule has 0 aliphatic carbocycles. The first kappa shape index (κ1) is 26.3. The van der Waals surface area contributed by atoms with Gasteiger partial charge < -0.3 is 20.4 Å². The van der Waals surface area contributed by atoms with E-state index in [2.05, 4.69) is 43.7 Å². The van der Waals surface area contributed by atoms with Gasteiger partial charge in [-0.1, -0.05) is 36.1 Å². The third-order valence-electron chi connectivity index (χ3n) is 5.61. The van der Waals surface area contributed by atoms with Gasteiger partial charge in [0, 0.05) is 42.0 Å². The number of hydrogen-bond donors (Lipinski definition) is 4. The van der Waals surface area contributed by atoms with Crippen LogP contribution in [0.15, 0.2) is 48.6 Å². The van der Waals surface area contributed by atoms with Crippen LogP contribution in [0, 0.1) is 11.8 Å². The number of carbonyl (C=O) groups is 1. The van der Waals surface area contributed by atoms with Crippen LogP contribution in [0.3, 0.4) is 0 Å². The fraction of sp³-hybridized carbons (Fsp3) is 0.231. The van der Waals surface area contributed by atoms with Gasteiger partial charge in [-0.25, -0.2) is 8.42 Å². The Kier molecular flexibility index (Phi) is 7.32. The lowest BCUT2D eigenvalue weighted by molar-refractivity contribution is 0.0947. The molecule has 0 atom stereocenters. The monoisotopic (exact) mass is 539 g/mol. The first-order valence-electron chi connectivity index (χ1n) is 11.3. The average molecular weight is 540 g/mol. The van der Waals surface area contributed by atoms with E-state index in [-0.39, 0.29) is 5.91 Å². The Hall–Kier alpha value is -3.78. The van der Waals surface area contributed by atoms with Crippen LogP contribution in [0.2, 0.25) is 5.02 Å². The van der Waals surface area contributed by atoms with Crippen LogP contribution < -0.4 is 20.1 Å². The van der Waals surface area contributed by atoms with E-state index in [1.807, 2.05) is 0 Å². The van der Waals surface area contributed by atoms with E-state index in [4.69, 9.17) is 16.3 Å². The average Bonchev–Trinajstić information content (AvgIpc) is 3.22. The number of benzene rings is 1. The van der Waals surface area contributed by atoms with Gasteiger partial charge in [-0.15, -0.1) is 0 Å².